The second-order valence-electron chi connectivity index (χ2n) is 4.35. The number of nitrogens with zero attached hydrogens (tertiary/aromatic N) is 1. The smallest absolute Gasteiger partial charge is 0.270 e. The first-order valence-electron chi connectivity index (χ1n) is 5.98. The van der Waals surface area contributed by atoms with Gasteiger partial charge in [-0.1, -0.05) is 18.9 Å². The number of halogens is 1. The number of hydrogen-bond acceptors (Lipinski definition) is 4. The molecule has 102 valence electrons. The lowest BCUT2D eigenvalue weighted by Crippen LogP contribution is -2.28. The van der Waals surface area contributed by atoms with Crippen molar-refractivity contribution in [2.75, 3.05) is 0 Å². The van der Waals surface area contributed by atoms with Crippen LogP contribution in [-0.2, 0) is 4.84 Å². The Bertz CT molecular complexity index is 501. The van der Waals surface area contributed by atoms with E-state index in [1.807, 2.05) is 0 Å². The van der Waals surface area contributed by atoms with Crippen LogP contribution >= 0.6 is 15.9 Å². The summed E-state index contributed by atoms with van der Waals surface area (Å²) in [5.74, 6) is -0.484. The number of amides is 1. The van der Waals surface area contributed by atoms with Crippen molar-refractivity contribution < 1.29 is 14.6 Å². The van der Waals surface area contributed by atoms with Gasteiger partial charge in [0.1, 0.15) is 4.47 Å². The molecule has 1 saturated carbocycles. The monoisotopic (exact) mass is 328 g/mol. The number of nitrogens with one attached hydrogen (secondary N) is 1. The van der Waals surface area contributed by atoms with E-state index in [1.54, 1.807) is 0 Å². The van der Waals surface area contributed by atoms with Gasteiger partial charge in [0.15, 0.2) is 0 Å². The molecule has 7 heteroatoms. The van der Waals surface area contributed by atoms with Gasteiger partial charge in [-0.3, -0.25) is 19.7 Å². The minimum absolute atomic E-state index is 0.0430. The Hall–Kier alpha value is -1.47. The van der Waals surface area contributed by atoms with Gasteiger partial charge in [0, 0.05) is 6.07 Å². The first-order chi connectivity index (χ1) is 9.09. The highest BCUT2D eigenvalue weighted by molar-refractivity contribution is 9.10. The molecule has 1 aliphatic carbocycles. The molecule has 0 radical (unpaired) electrons. The van der Waals surface area contributed by atoms with Gasteiger partial charge in [-0.15, -0.1) is 0 Å². The topological polar surface area (TPSA) is 81.5 Å². The van der Waals surface area contributed by atoms with Crippen LogP contribution in [0, 0.1) is 10.1 Å². The lowest BCUT2D eigenvalue weighted by molar-refractivity contribution is -0.385. The fourth-order valence-electron chi connectivity index (χ4n) is 2.03. The second-order valence-corrected chi connectivity index (χ2v) is 5.14. The maximum atomic E-state index is 11.9. The number of hydroxylamine groups is 1. The molecule has 1 aromatic rings. The van der Waals surface area contributed by atoms with E-state index in [-0.39, 0.29) is 21.8 Å². The summed E-state index contributed by atoms with van der Waals surface area (Å²) in [6, 6.07) is 4.30. The van der Waals surface area contributed by atoms with E-state index < -0.39 is 10.8 Å². The van der Waals surface area contributed by atoms with Crippen LogP contribution < -0.4 is 5.48 Å². The number of nitro groups is 1. The summed E-state index contributed by atoms with van der Waals surface area (Å²) >= 11 is 3.08. The molecular formula is C12H13BrN2O4. The molecule has 0 atom stereocenters. The zero-order chi connectivity index (χ0) is 13.8. The van der Waals surface area contributed by atoms with Crippen molar-refractivity contribution in [1.29, 1.82) is 0 Å². The number of hydrogen-bond donors (Lipinski definition) is 1. The van der Waals surface area contributed by atoms with Crippen LogP contribution in [0.1, 0.15) is 36.0 Å². The molecule has 0 heterocycles. The van der Waals surface area contributed by atoms with E-state index in [1.165, 1.54) is 18.2 Å². The van der Waals surface area contributed by atoms with Crippen LogP contribution in [-0.4, -0.2) is 16.9 Å². The Morgan fingerprint density at radius 2 is 2.11 bits per heavy atom. The molecule has 19 heavy (non-hydrogen) atoms. The normalized spacial score (nSPS) is 15.4. The summed E-state index contributed by atoms with van der Waals surface area (Å²) in [4.78, 5) is 27.4. The first kappa shape index (κ1) is 14.0. The number of nitro benzene ring substituents is 1. The molecule has 1 fully saturated rings. The molecule has 2 rings (SSSR count). The highest BCUT2D eigenvalue weighted by Gasteiger charge is 2.21. The summed E-state index contributed by atoms with van der Waals surface area (Å²) in [5.41, 5.74) is 2.40. The van der Waals surface area contributed by atoms with Crippen LogP contribution in [0.5, 0.6) is 0 Å². The SMILES string of the molecule is O=C(NOC1CCCC1)c1cccc([N+](=O)[O-])c1Br. The highest BCUT2D eigenvalue weighted by Crippen LogP contribution is 2.28. The maximum Gasteiger partial charge on any atom is 0.284 e. The summed E-state index contributed by atoms with van der Waals surface area (Å²) in [7, 11) is 0. The van der Waals surface area contributed by atoms with Gasteiger partial charge in [0.2, 0.25) is 0 Å². The summed E-state index contributed by atoms with van der Waals surface area (Å²) in [6.45, 7) is 0. The number of benzene rings is 1. The Balaban J connectivity index is 2.06. The van der Waals surface area contributed by atoms with Crippen molar-refractivity contribution >= 4 is 27.5 Å². The van der Waals surface area contributed by atoms with Crippen molar-refractivity contribution in [3.8, 4) is 0 Å². The van der Waals surface area contributed by atoms with Gasteiger partial charge in [0.05, 0.1) is 16.6 Å². The van der Waals surface area contributed by atoms with Crippen molar-refractivity contribution in [1.82, 2.24) is 5.48 Å². The third kappa shape index (κ3) is 3.30. The number of carbonyl (C=O) groups excluding carboxylic acids is 1. The molecule has 1 aromatic carbocycles. The van der Waals surface area contributed by atoms with E-state index in [0.717, 1.165) is 25.7 Å². The predicted molar refractivity (Wildman–Crippen MR) is 71.6 cm³/mol. The van der Waals surface area contributed by atoms with Crippen molar-refractivity contribution in [2.24, 2.45) is 0 Å². The minimum Gasteiger partial charge on any atom is -0.270 e. The van der Waals surface area contributed by atoms with Crippen molar-refractivity contribution in [3.63, 3.8) is 0 Å². The van der Waals surface area contributed by atoms with Crippen LogP contribution in [0.2, 0.25) is 0 Å². The molecule has 0 bridgehead atoms. The summed E-state index contributed by atoms with van der Waals surface area (Å²) in [6.07, 6.45) is 4.09. The Morgan fingerprint density at radius 1 is 1.42 bits per heavy atom. The average Bonchev–Trinajstić information content (AvgIpc) is 2.89. The summed E-state index contributed by atoms with van der Waals surface area (Å²) < 4.78 is 0.160. The van der Waals surface area contributed by atoms with Crippen LogP contribution in [0.4, 0.5) is 5.69 Å². The molecule has 1 N–H and O–H groups in total. The van der Waals surface area contributed by atoms with E-state index in [2.05, 4.69) is 21.4 Å². The predicted octanol–water partition coefficient (Wildman–Crippen LogP) is 2.96. The molecule has 0 aliphatic heterocycles. The molecule has 1 aliphatic rings. The lowest BCUT2D eigenvalue weighted by atomic mass is 10.2. The number of carbonyl (C=O) groups is 1. The Labute approximate surface area is 118 Å². The highest BCUT2D eigenvalue weighted by atomic mass is 79.9. The van der Waals surface area contributed by atoms with E-state index in [4.69, 9.17) is 4.84 Å². The van der Waals surface area contributed by atoms with Gasteiger partial charge in [-0.2, -0.15) is 0 Å². The zero-order valence-corrected chi connectivity index (χ0v) is 11.7. The first-order valence-corrected chi connectivity index (χ1v) is 6.78. The molecular weight excluding hydrogens is 316 g/mol. The molecule has 1 amide bonds. The minimum atomic E-state index is -0.543. The van der Waals surface area contributed by atoms with Gasteiger partial charge in [0.25, 0.3) is 11.6 Å². The molecule has 0 spiro atoms. The Kier molecular flexibility index (Phi) is 4.49. The van der Waals surface area contributed by atoms with Gasteiger partial charge in [-0.05, 0) is 34.8 Å². The third-order valence-electron chi connectivity index (χ3n) is 3.04. The molecule has 0 saturated heterocycles. The average molecular weight is 329 g/mol. The largest absolute Gasteiger partial charge is 0.284 e. The van der Waals surface area contributed by atoms with Crippen molar-refractivity contribution in [2.45, 2.75) is 31.8 Å². The van der Waals surface area contributed by atoms with Gasteiger partial charge >= 0.3 is 0 Å². The van der Waals surface area contributed by atoms with Crippen LogP contribution in [0.25, 0.3) is 0 Å². The van der Waals surface area contributed by atoms with E-state index >= 15 is 0 Å². The zero-order valence-electron chi connectivity index (χ0n) is 10.1. The van der Waals surface area contributed by atoms with Crippen molar-refractivity contribution in [3.05, 3.63) is 38.3 Å². The lowest BCUT2D eigenvalue weighted by Gasteiger charge is -2.11. The van der Waals surface area contributed by atoms with Crippen LogP contribution in [0.15, 0.2) is 22.7 Å². The van der Waals surface area contributed by atoms with E-state index in [9.17, 15) is 14.9 Å². The maximum absolute atomic E-state index is 11.9. The Morgan fingerprint density at radius 3 is 2.74 bits per heavy atom. The molecule has 0 aromatic heterocycles. The molecule has 0 unspecified atom stereocenters. The van der Waals surface area contributed by atoms with Gasteiger partial charge in [-0.25, -0.2) is 5.48 Å². The summed E-state index contributed by atoms with van der Waals surface area (Å²) in [5, 5.41) is 10.8. The van der Waals surface area contributed by atoms with Crippen LogP contribution in [0.3, 0.4) is 0 Å². The second kappa shape index (κ2) is 6.12. The number of rotatable bonds is 4. The van der Waals surface area contributed by atoms with Gasteiger partial charge < -0.3 is 0 Å². The van der Waals surface area contributed by atoms with E-state index in [0.29, 0.717) is 0 Å². The third-order valence-corrected chi connectivity index (χ3v) is 3.87. The standard InChI is InChI=1S/C12H13BrN2O4/c13-11-9(6-3-7-10(11)15(17)18)12(16)14-19-8-4-1-2-5-8/h3,6-8H,1-2,4-5H2,(H,14,16). The quantitative estimate of drug-likeness (QED) is 0.680. The fraction of sp³-hybridized carbons (Fsp3) is 0.417. The fourth-order valence-corrected chi connectivity index (χ4v) is 2.62. The molecule has 6 nitrogen and oxygen atoms in total.